The van der Waals surface area contributed by atoms with Crippen LogP contribution in [0, 0.1) is 24.7 Å². The summed E-state index contributed by atoms with van der Waals surface area (Å²) in [6.07, 6.45) is 13.4. The molecule has 0 spiro atoms. The zero-order valence-electron chi connectivity index (χ0n) is 21.9. The molecule has 0 saturated carbocycles. The van der Waals surface area contributed by atoms with E-state index in [1.165, 1.54) is 56.9 Å². The van der Waals surface area contributed by atoms with Gasteiger partial charge in [-0.15, -0.1) is 5.73 Å². The third-order valence-corrected chi connectivity index (χ3v) is 7.04. The van der Waals surface area contributed by atoms with Crippen molar-refractivity contribution in [1.29, 1.82) is 0 Å². The van der Waals surface area contributed by atoms with E-state index in [-0.39, 0.29) is 11.5 Å². The second-order valence-electron chi connectivity index (χ2n) is 10.7. The van der Waals surface area contributed by atoms with Gasteiger partial charge in [0.05, 0.1) is 0 Å². The normalized spacial score (nSPS) is 13.2. The lowest BCUT2D eigenvalue weighted by molar-refractivity contribution is 0.389. The fraction of sp³-hybridized carbons (Fsp3) is 0.581. The van der Waals surface area contributed by atoms with E-state index < -0.39 is 0 Å². The largest absolute Gasteiger partial charge is 0.507 e. The van der Waals surface area contributed by atoms with Gasteiger partial charge >= 0.3 is 0 Å². The molecule has 2 rings (SSSR count). The molecule has 0 fully saturated rings. The number of phenolic OH excluding ortho intramolecular Hbond substituents is 2. The molecule has 0 bridgehead atoms. The van der Waals surface area contributed by atoms with E-state index >= 15 is 0 Å². The molecule has 2 N–H and O–H groups in total. The summed E-state index contributed by atoms with van der Waals surface area (Å²) in [4.78, 5) is 0. The average Bonchev–Trinajstić information content (AvgIpc) is 2.77. The van der Waals surface area contributed by atoms with Crippen LogP contribution in [0.4, 0.5) is 0 Å². The number of phenols is 2. The Labute approximate surface area is 202 Å². The first kappa shape index (κ1) is 27.1. The summed E-state index contributed by atoms with van der Waals surface area (Å²) >= 11 is 0. The maximum absolute atomic E-state index is 10.7. The van der Waals surface area contributed by atoms with Gasteiger partial charge in [-0.3, -0.25) is 0 Å². The molecule has 2 nitrogen and oxygen atoms in total. The molecule has 2 heteroatoms. The number of aromatic hydroxyl groups is 2. The summed E-state index contributed by atoms with van der Waals surface area (Å²) in [6.45, 7) is 13.4. The first-order valence-corrected chi connectivity index (χ1v) is 13.1. The number of benzene rings is 2. The number of allylic oxidation sites excluding steroid dienone is 1. The van der Waals surface area contributed by atoms with Crippen molar-refractivity contribution in [3.63, 3.8) is 0 Å². The molecule has 0 aliphatic carbocycles. The van der Waals surface area contributed by atoms with Crippen molar-refractivity contribution in [2.24, 2.45) is 17.8 Å². The molecule has 2 aromatic carbocycles. The smallest absolute Gasteiger partial charge is 0.131 e. The highest BCUT2D eigenvalue weighted by atomic mass is 16.3. The van der Waals surface area contributed by atoms with Gasteiger partial charge in [0.15, 0.2) is 0 Å². The summed E-state index contributed by atoms with van der Waals surface area (Å²) in [5.41, 5.74) is 5.89. The fourth-order valence-corrected chi connectivity index (χ4v) is 4.69. The Hall–Kier alpha value is -2.18. The van der Waals surface area contributed by atoms with Gasteiger partial charge in [0, 0.05) is 21.9 Å². The number of hydrogen-bond donors (Lipinski definition) is 2. The minimum absolute atomic E-state index is 0.216. The van der Waals surface area contributed by atoms with E-state index in [1.807, 2.05) is 37.3 Å². The van der Waals surface area contributed by atoms with Crippen LogP contribution in [0.5, 0.6) is 11.5 Å². The second kappa shape index (κ2) is 13.5. The van der Waals surface area contributed by atoms with Gasteiger partial charge in [0.25, 0.3) is 0 Å². The lowest BCUT2D eigenvalue weighted by Gasteiger charge is -2.15. The van der Waals surface area contributed by atoms with E-state index in [1.54, 1.807) is 0 Å². The topological polar surface area (TPSA) is 40.5 Å². The Morgan fingerprint density at radius 2 is 1.33 bits per heavy atom. The SMILES string of the molecule is CC(=C=Cc1c(C)c(O)c2ccccc2c1O)CCCC(C)CCCC(C)CCCC(C)C. The van der Waals surface area contributed by atoms with Crippen LogP contribution in [0.3, 0.4) is 0 Å². The van der Waals surface area contributed by atoms with Gasteiger partial charge in [0.2, 0.25) is 0 Å². The van der Waals surface area contributed by atoms with E-state index in [0.717, 1.165) is 24.2 Å². The highest BCUT2D eigenvalue weighted by Gasteiger charge is 2.13. The molecule has 182 valence electrons. The van der Waals surface area contributed by atoms with Crippen molar-refractivity contribution in [1.82, 2.24) is 0 Å². The summed E-state index contributed by atoms with van der Waals surface area (Å²) in [5.74, 6) is 2.92. The Bertz CT molecular complexity index is 947. The van der Waals surface area contributed by atoms with E-state index in [2.05, 4.69) is 40.3 Å². The Morgan fingerprint density at radius 3 is 1.91 bits per heavy atom. The van der Waals surface area contributed by atoms with Crippen LogP contribution in [-0.2, 0) is 0 Å². The minimum Gasteiger partial charge on any atom is -0.507 e. The predicted octanol–water partition coefficient (Wildman–Crippen LogP) is 9.56. The van der Waals surface area contributed by atoms with Gasteiger partial charge < -0.3 is 10.2 Å². The van der Waals surface area contributed by atoms with Crippen molar-refractivity contribution in [2.75, 3.05) is 0 Å². The van der Waals surface area contributed by atoms with E-state index in [4.69, 9.17) is 0 Å². The molecule has 0 radical (unpaired) electrons. The lowest BCUT2D eigenvalue weighted by Crippen LogP contribution is -2.00. The summed E-state index contributed by atoms with van der Waals surface area (Å²) < 4.78 is 0. The second-order valence-corrected chi connectivity index (χ2v) is 10.7. The fourth-order valence-electron chi connectivity index (χ4n) is 4.69. The molecule has 0 amide bonds. The maximum Gasteiger partial charge on any atom is 0.131 e. The minimum atomic E-state index is 0.216. The lowest BCUT2D eigenvalue weighted by atomic mass is 9.91. The van der Waals surface area contributed by atoms with Gasteiger partial charge in [-0.05, 0) is 56.1 Å². The molecule has 0 saturated heterocycles. The van der Waals surface area contributed by atoms with Crippen LogP contribution in [-0.4, -0.2) is 10.2 Å². The number of hydrogen-bond acceptors (Lipinski definition) is 2. The average molecular weight is 451 g/mol. The maximum atomic E-state index is 10.7. The molecule has 0 heterocycles. The third-order valence-electron chi connectivity index (χ3n) is 7.04. The van der Waals surface area contributed by atoms with E-state index in [0.29, 0.717) is 21.9 Å². The van der Waals surface area contributed by atoms with Crippen LogP contribution in [0.1, 0.15) is 104 Å². The number of rotatable bonds is 13. The standard InChI is InChI=1S/C31H46O2/c1-22(2)12-9-13-23(3)14-10-15-24(4)16-11-17-25(5)20-21-27-26(6)30(32)28-18-7-8-19-29(28)31(27)33/h7-8,18-19,21-24,32-33H,9-17H2,1-6H3. The predicted molar refractivity (Wildman–Crippen MR) is 144 cm³/mol. The van der Waals surface area contributed by atoms with Crippen molar-refractivity contribution in [2.45, 2.75) is 99.3 Å². The van der Waals surface area contributed by atoms with Crippen LogP contribution in [0.15, 0.2) is 35.6 Å². The molecule has 33 heavy (non-hydrogen) atoms. The Balaban J connectivity index is 1.81. The molecule has 0 aliphatic rings. The first-order valence-electron chi connectivity index (χ1n) is 13.1. The van der Waals surface area contributed by atoms with Crippen molar-refractivity contribution in [3.05, 3.63) is 46.7 Å². The van der Waals surface area contributed by atoms with Crippen LogP contribution in [0.25, 0.3) is 16.8 Å². The molecule has 0 aliphatic heterocycles. The Kier molecular flexibility index (Phi) is 11.1. The summed E-state index contributed by atoms with van der Waals surface area (Å²) in [7, 11) is 0. The van der Waals surface area contributed by atoms with Crippen molar-refractivity contribution >= 4 is 16.8 Å². The molecule has 2 aromatic rings. The molecule has 2 unspecified atom stereocenters. The third kappa shape index (κ3) is 8.59. The Morgan fingerprint density at radius 1 is 0.818 bits per heavy atom. The zero-order valence-corrected chi connectivity index (χ0v) is 21.9. The van der Waals surface area contributed by atoms with Gasteiger partial charge in [0.1, 0.15) is 11.5 Å². The van der Waals surface area contributed by atoms with Crippen molar-refractivity contribution in [3.8, 4) is 11.5 Å². The highest BCUT2D eigenvalue weighted by molar-refractivity contribution is 5.97. The van der Waals surface area contributed by atoms with Crippen LogP contribution >= 0.6 is 0 Å². The van der Waals surface area contributed by atoms with Crippen LogP contribution < -0.4 is 0 Å². The highest BCUT2D eigenvalue weighted by Crippen LogP contribution is 2.39. The van der Waals surface area contributed by atoms with E-state index in [9.17, 15) is 10.2 Å². The van der Waals surface area contributed by atoms with Gasteiger partial charge in [-0.1, -0.05) is 96.9 Å². The van der Waals surface area contributed by atoms with Crippen molar-refractivity contribution < 1.29 is 10.2 Å². The summed E-state index contributed by atoms with van der Waals surface area (Å²) in [6, 6.07) is 7.42. The number of fused-ring (bicyclic) bond motifs is 1. The van der Waals surface area contributed by atoms with Crippen LogP contribution in [0.2, 0.25) is 0 Å². The zero-order chi connectivity index (χ0) is 24.4. The quantitative estimate of drug-likeness (QED) is 0.235. The van der Waals surface area contributed by atoms with Gasteiger partial charge in [-0.25, -0.2) is 0 Å². The van der Waals surface area contributed by atoms with Gasteiger partial charge in [-0.2, -0.15) is 0 Å². The molecule has 2 atom stereocenters. The molecular formula is C31H46O2. The molecular weight excluding hydrogens is 404 g/mol. The molecule has 0 aromatic heterocycles. The monoisotopic (exact) mass is 450 g/mol. The summed E-state index contributed by atoms with van der Waals surface area (Å²) in [5, 5.41) is 22.6. The first-order chi connectivity index (χ1) is 15.7.